The summed E-state index contributed by atoms with van der Waals surface area (Å²) in [6.45, 7) is 21.8. The van der Waals surface area contributed by atoms with E-state index in [2.05, 4.69) is 73.6 Å². The molecule has 0 aliphatic carbocycles. The Balaban J connectivity index is -0.00000133. The maximum atomic E-state index is 6.13. The van der Waals surface area contributed by atoms with Crippen molar-refractivity contribution < 1.29 is 24.8 Å². The van der Waals surface area contributed by atoms with Crippen LogP contribution in [0.15, 0.2) is 0 Å². The van der Waals surface area contributed by atoms with Gasteiger partial charge in [0.15, 0.2) is 0 Å². The molecule has 142 valence electrons. The van der Waals surface area contributed by atoms with Crippen LogP contribution < -0.4 is 5.09 Å². The molecule has 0 amide bonds. The van der Waals surface area contributed by atoms with Crippen molar-refractivity contribution in [1.29, 1.82) is 0 Å². The van der Waals surface area contributed by atoms with Gasteiger partial charge in [-0.1, -0.05) is 40.0 Å². The van der Waals surface area contributed by atoms with Gasteiger partial charge in [-0.3, -0.25) is 6.42 Å². The van der Waals surface area contributed by atoms with Crippen LogP contribution in [0.25, 0.3) is 0 Å². The van der Waals surface area contributed by atoms with Gasteiger partial charge in [0.1, 0.15) is 0 Å². The summed E-state index contributed by atoms with van der Waals surface area (Å²) in [5.41, 5.74) is 0.306. The molecule has 1 N–H and O–H groups in total. The van der Waals surface area contributed by atoms with Crippen LogP contribution in [0, 0.1) is 38.5 Å². The summed E-state index contributed by atoms with van der Waals surface area (Å²) in [5, 5.41) is 4.29. The molecular weight excluding hydrogens is 481 g/mol. The molecule has 1 aliphatic rings. The molecule has 4 heteroatoms. The molecule has 2 unspecified atom stereocenters. The zero-order chi connectivity index (χ0) is 15.7. The van der Waals surface area contributed by atoms with E-state index < -0.39 is 8.07 Å². The van der Waals surface area contributed by atoms with Crippen molar-refractivity contribution in [2.24, 2.45) is 17.3 Å². The molecule has 1 saturated heterocycles. The van der Waals surface area contributed by atoms with Gasteiger partial charge >= 0.3 is 20.1 Å². The Kier molecular flexibility index (Phi) is 13.6. The first-order valence-electron chi connectivity index (χ1n) is 8.00. The zero-order valence-corrected chi connectivity index (χ0v) is 20.7. The number of nitrogens with one attached hydrogen (secondary N) is 1. The zero-order valence-electron chi connectivity index (χ0n) is 17.3. The predicted octanol–water partition coefficient (Wildman–Crippen LogP) is 5.32. The second-order valence-electron chi connectivity index (χ2n) is 8.75. The molecule has 0 aromatic heterocycles. The maximum absolute atomic E-state index is 6.13. The van der Waals surface area contributed by atoms with E-state index in [-0.39, 0.29) is 41.1 Å². The smallest absolute Gasteiger partial charge is 0.411 e. The third-order valence-corrected chi connectivity index (χ3v) is 7.60. The van der Waals surface area contributed by atoms with Gasteiger partial charge in [0, 0.05) is 12.6 Å². The molecule has 1 heterocycles. The summed E-state index contributed by atoms with van der Waals surface area (Å²) in [6, 6.07) is 0.445. The minimum absolute atomic E-state index is 0. The van der Waals surface area contributed by atoms with Gasteiger partial charge in [0.05, 0.1) is 19.9 Å². The number of hydrogen-bond acceptors (Lipinski definition) is 2. The Hall–Kier alpha value is 0.999. The second-order valence-corrected chi connectivity index (χ2v) is 11.8. The monoisotopic (exact) mass is 524 g/mol. The van der Waals surface area contributed by atoms with E-state index in [1.54, 1.807) is 0 Å². The molecular formula is C19H42IrNOP+. The van der Waals surface area contributed by atoms with Crippen LogP contribution in [0.4, 0.5) is 0 Å². The van der Waals surface area contributed by atoms with Crippen LogP contribution in [0.1, 0.15) is 55.4 Å². The summed E-state index contributed by atoms with van der Waals surface area (Å²) in [6.07, 6.45) is 2.72. The summed E-state index contributed by atoms with van der Waals surface area (Å²) in [4.78, 5) is 0. The Bertz CT molecular complexity index is 309. The molecule has 0 radical (unpaired) electrons. The maximum Gasteiger partial charge on any atom is 3.00 e. The van der Waals surface area contributed by atoms with Crippen molar-refractivity contribution in [3.05, 3.63) is 21.3 Å². The van der Waals surface area contributed by atoms with Crippen LogP contribution >= 0.6 is 8.07 Å². The van der Waals surface area contributed by atoms with Crippen LogP contribution in [-0.4, -0.2) is 30.6 Å². The Morgan fingerprint density at radius 1 is 1.09 bits per heavy atom. The first-order valence-corrected chi connectivity index (χ1v) is 10.00. The summed E-state index contributed by atoms with van der Waals surface area (Å²) in [7, 11) is -0.587. The molecule has 0 aromatic carbocycles. The van der Waals surface area contributed by atoms with E-state index in [0.29, 0.717) is 28.4 Å². The third kappa shape index (κ3) is 8.77. The van der Waals surface area contributed by atoms with Crippen LogP contribution in [-0.2, 0) is 24.8 Å². The minimum Gasteiger partial charge on any atom is -0.411 e. The van der Waals surface area contributed by atoms with Crippen molar-refractivity contribution in [3.8, 4) is 0 Å². The SMILES string of the molecule is CC(C)[C@H](N[PH+](C)C(C)(C)C)C1[CH-][C@H](C(C)(C)C)CO1.[CH3-].[CH3-].[Ir+3]. The topological polar surface area (TPSA) is 21.3 Å². The van der Waals surface area contributed by atoms with E-state index in [1.807, 2.05) is 0 Å². The Labute approximate surface area is 162 Å². The van der Waals surface area contributed by atoms with Crippen molar-refractivity contribution >= 4 is 8.07 Å². The average molecular weight is 524 g/mol. The number of ether oxygens (including phenoxy) is 1. The molecule has 0 saturated carbocycles. The van der Waals surface area contributed by atoms with Crippen molar-refractivity contribution in [2.75, 3.05) is 13.3 Å². The van der Waals surface area contributed by atoms with Crippen molar-refractivity contribution in [2.45, 2.75) is 72.7 Å². The van der Waals surface area contributed by atoms with E-state index in [9.17, 15) is 0 Å². The van der Waals surface area contributed by atoms with E-state index in [1.165, 1.54) is 0 Å². The predicted molar refractivity (Wildman–Crippen MR) is 106 cm³/mol. The van der Waals surface area contributed by atoms with Gasteiger partial charge in [-0.25, -0.2) is 0 Å². The van der Waals surface area contributed by atoms with Gasteiger partial charge in [-0.15, -0.1) is 5.92 Å². The van der Waals surface area contributed by atoms with E-state index in [4.69, 9.17) is 4.74 Å². The van der Waals surface area contributed by atoms with E-state index in [0.717, 1.165) is 6.61 Å². The molecule has 1 rings (SSSR count). The van der Waals surface area contributed by atoms with Crippen molar-refractivity contribution in [3.63, 3.8) is 0 Å². The molecule has 1 fully saturated rings. The van der Waals surface area contributed by atoms with Gasteiger partial charge in [-0.05, 0) is 32.8 Å². The average Bonchev–Trinajstić information content (AvgIpc) is 2.71. The first kappa shape index (κ1) is 28.8. The normalized spacial score (nSPS) is 24.3. The Morgan fingerprint density at radius 3 is 1.87 bits per heavy atom. The molecule has 2 nitrogen and oxygen atoms in total. The van der Waals surface area contributed by atoms with Gasteiger partial charge in [-0.2, -0.15) is 5.09 Å². The fourth-order valence-electron chi connectivity index (χ4n) is 2.41. The molecule has 4 atom stereocenters. The Morgan fingerprint density at radius 2 is 1.57 bits per heavy atom. The summed E-state index contributed by atoms with van der Waals surface area (Å²) in [5.74, 6) is 1.16. The summed E-state index contributed by atoms with van der Waals surface area (Å²) >= 11 is 0. The quantitative estimate of drug-likeness (QED) is 0.398. The van der Waals surface area contributed by atoms with Gasteiger partial charge < -0.3 is 19.6 Å². The van der Waals surface area contributed by atoms with Gasteiger partial charge in [0.25, 0.3) is 0 Å². The number of hydrogen-bond donors (Lipinski definition) is 1. The van der Waals surface area contributed by atoms with E-state index >= 15 is 0 Å². The standard InChI is InChI=1S/C17H35NOP.2CH3.Ir/c1-12(2)15(18-20(9)17(6,7)8)14-10-13(11-19-14)16(3,4)5;;;/h10,12-15,18H,11H2,1-9H3;2*1H3;/q3*-1;+3/p+1/t13-,14?,15-,20?;;;/m0.../s1. The number of rotatable bonds is 4. The minimum atomic E-state index is -0.587. The molecule has 0 bridgehead atoms. The van der Waals surface area contributed by atoms with Crippen LogP contribution in [0.3, 0.4) is 0 Å². The fraction of sp³-hybridized carbons (Fsp3) is 0.842. The van der Waals surface area contributed by atoms with Crippen LogP contribution in [0.2, 0.25) is 0 Å². The van der Waals surface area contributed by atoms with Crippen molar-refractivity contribution in [1.82, 2.24) is 5.09 Å². The van der Waals surface area contributed by atoms with Gasteiger partial charge in [0.2, 0.25) is 0 Å². The van der Waals surface area contributed by atoms with Crippen LogP contribution in [0.5, 0.6) is 0 Å². The molecule has 1 aliphatic heterocycles. The first-order chi connectivity index (χ1) is 8.93. The fourth-order valence-corrected chi connectivity index (χ4v) is 3.84. The molecule has 0 aromatic rings. The summed E-state index contributed by atoms with van der Waals surface area (Å²) < 4.78 is 6.13. The largest absolute Gasteiger partial charge is 3.00 e. The third-order valence-electron chi connectivity index (χ3n) is 4.58. The second kappa shape index (κ2) is 10.9. The molecule has 0 spiro atoms. The molecule has 23 heavy (non-hydrogen) atoms.